The van der Waals surface area contributed by atoms with Crippen molar-refractivity contribution >= 4 is 27.4 Å². The van der Waals surface area contributed by atoms with Crippen molar-refractivity contribution in [1.82, 2.24) is 4.98 Å². The fourth-order valence-corrected chi connectivity index (χ4v) is 4.24. The van der Waals surface area contributed by atoms with Gasteiger partial charge in [-0.05, 0) is 61.3 Å². The molecule has 0 saturated heterocycles. The Morgan fingerprint density at radius 2 is 1.82 bits per heavy atom. The molecular weight excluding hydrogens is 346 g/mol. The lowest BCUT2D eigenvalue weighted by Crippen LogP contribution is -2.29. The predicted octanol–water partition coefficient (Wildman–Crippen LogP) is 5.58. The zero-order valence-electron chi connectivity index (χ0n) is 15.9. The highest BCUT2D eigenvalue weighted by Crippen LogP contribution is 2.33. The second kappa shape index (κ2) is 7.28. The maximum absolute atomic E-state index is 6.09. The zero-order valence-corrected chi connectivity index (χ0v) is 15.9. The number of nitrogens with zero attached hydrogens (tertiary/aromatic N) is 1. The molecule has 2 heterocycles. The van der Waals surface area contributed by atoms with Crippen LogP contribution in [0.25, 0.3) is 33.1 Å². The lowest BCUT2D eigenvalue weighted by molar-refractivity contribution is 0.339. The molecule has 0 aliphatic heterocycles. The van der Waals surface area contributed by atoms with Crippen LogP contribution >= 0.6 is 0 Å². The summed E-state index contributed by atoms with van der Waals surface area (Å²) in [6, 6.07) is 17.1. The average Bonchev–Trinajstić information content (AvgIpc) is 3.17. The molecule has 2 aromatic heterocycles. The number of furan rings is 1. The minimum absolute atomic E-state index is 0.399. The second-order valence-corrected chi connectivity index (χ2v) is 7.93. The minimum atomic E-state index is 0.399. The average molecular weight is 371 g/mol. The highest BCUT2D eigenvalue weighted by Gasteiger charge is 2.18. The van der Waals surface area contributed by atoms with Gasteiger partial charge in [0.25, 0.3) is 0 Å². The first-order valence-corrected chi connectivity index (χ1v) is 10.1. The minimum Gasteiger partial charge on any atom is -0.456 e. The number of benzene rings is 2. The van der Waals surface area contributed by atoms with Gasteiger partial charge < -0.3 is 15.5 Å². The highest BCUT2D eigenvalue weighted by atomic mass is 16.3. The van der Waals surface area contributed by atoms with Gasteiger partial charge in [-0.2, -0.15) is 0 Å². The number of hydrogen-bond acceptors (Lipinski definition) is 4. The van der Waals surface area contributed by atoms with Gasteiger partial charge in [-0.1, -0.05) is 24.3 Å². The fraction of sp³-hybridized carbons (Fsp3) is 0.292. The van der Waals surface area contributed by atoms with Crippen LogP contribution in [0.15, 0.2) is 65.3 Å². The van der Waals surface area contributed by atoms with Gasteiger partial charge in [0.15, 0.2) is 0 Å². The summed E-state index contributed by atoms with van der Waals surface area (Å²) in [6.45, 7) is 1.00. The topological polar surface area (TPSA) is 64.1 Å². The standard InChI is InChI=1S/C24H25N3O/c25-19-8-5-16(6-9-19)13-27-20-10-7-18-14-26-15-22(21(18)12-20)24-11-17-3-1-2-4-23(17)28-24/h1-4,7,10-12,14-16,19,27H,5-6,8-9,13,25H2/t16-,19-. The molecule has 0 unspecified atom stereocenters. The van der Waals surface area contributed by atoms with E-state index in [0.717, 1.165) is 58.1 Å². The molecule has 2 aromatic carbocycles. The Labute approximate surface area is 164 Å². The molecule has 1 fully saturated rings. The van der Waals surface area contributed by atoms with E-state index in [2.05, 4.69) is 40.6 Å². The molecule has 0 bridgehead atoms. The maximum Gasteiger partial charge on any atom is 0.137 e. The molecule has 5 rings (SSSR count). The molecule has 0 atom stereocenters. The van der Waals surface area contributed by atoms with Gasteiger partial charge in [-0.15, -0.1) is 0 Å². The van der Waals surface area contributed by atoms with Gasteiger partial charge >= 0.3 is 0 Å². The Morgan fingerprint density at radius 3 is 2.68 bits per heavy atom. The van der Waals surface area contributed by atoms with Crippen molar-refractivity contribution in [1.29, 1.82) is 0 Å². The Balaban J connectivity index is 1.44. The first kappa shape index (κ1) is 17.3. The summed E-state index contributed by atoms with van der Waals surface area (Å²) >= 11 is 0. The number of hydrogen-bond donors (Lipinski definition) is 2. The third kappa shape index (κ3) is 3.36. The number of fused-ring (bicyclic) bond motifs is 2. The van der Waals surface area contributed by atoms with Crippen LogP contribution in [0.5, 0.6) is 0 Å². The summed E-state index contributed by atoms with van der Waals surface area (Å²) in [5.74, 6) is 1.57. The van der Waals surface area contributed by atoms with Gasteiger partial charge in [0.2, 0.25) is 0 Å². The fourth-order valence-electron chi connectivity index (χ4n) is 4.24. The van der Waals surface area contributed by atoms with Gasteiger partial charge in [0, 0.05) is 47.0 Å². The van der Waals surface area contributed by atoms with Gasteiger partial charge in [-0.25, -0.2) is 0 Å². The van der Waals surface area contributed by atoms with Crippen molar-refractivity contribution in [2.45, 2.75) is 31.7 Å². The summed E-state index contributed by atoms with van der Waals surface area (Å²) in [5.41, 5.74) is 9.11. The molecule has 0 radical (unpaired) electrons. The molecule has 142 valence electrons. The zero-order chi connectivity index (χ0) is 18.9. The van der Waals surface area contributed by atoms with Crippen molar-refractivity contribution < 1.29 is 4.42 Å². The van der Waals surface area contributed by atoms with E-state index in [0.29, 0.717) is 12.0 Å². The number of nitrogens with one attached hydrogen (secondary N) is 1. The molecule has 4 nitrogen and oxygen atoms in total. The summed E-state index contributed by atoms with van der Waals surface area (Å²) in [7, 11) is 0. The Hall–Kier alpha value is -2.85. The van der Waals surface area contributed by atoms with Crippen LogP contribution < -0.4 is 11.1 Å². The Morgan fingerprint density at radius 1 is 0.964 bits per heavy atom. The van der Waals surface area contributed by atoms with E-state index in [4.69, 9.17) is 10.2 Å². The van der Waals surface area contributed by atoms with Crippen LogP contribution in [0.4, 0.5) is 5.69 Å². The van der Waals surface area contributed by atoms with Crippen LogP contribution in [0, 0.1) is 5.92 Å². The van der Waals surface area contributed by atoms with Crippen molar-refractivity contribution in [3.05, 3.63) is 60.9 Å². The van der Waals surface area contributed by atoms with Crippen LogP contribution in [0.1, 0.15) is 25.7 Å². The smallest absolute Gasteiger partial charge is 0.137 e. The van der Waals surface area contributed by atoms with E-state index >= 15 is 0 Å². The predicted molar refractivity (Wildman–Crippen MR) is 115 cm³/mol. The quantitative estimate of drug-likeness (QED) is 0.492. The number of aromatic nitrogens is 1. The lowest BCUT2D eigenvalue weighted by Gasteiger charge is -2.26. The normalized spacial score (nSPS) is 19.9. The number of nitrogens with two attached hydrogens (primary N) is 1. The summed E-state index contributed by atoms with van der Waals surface area (Å²) in [5, 5.41) is 7.02. The lowest BCUT2D eigenvalue weighted by atomic mass is 9.86. The van der Waals surface area contributed by atoms with E-state index in [9.17, 15) is 0 Å². The van der Waals surface area contributed by atoms with Crippen molar-refractivity contribution in [3.63, 3.8) is 0 Å². The largest absolute Gasteiger partial charge is 0.456 e. The van der Waals surface area contributed by atoms with Gasteiger partial charge in [0.05, 0.1) is 0 Å². The van der Waals surface area contributed by atoms with Crippen LogP contribution in [0.2, 0.25) is 0 Å². The number of pyridine rings is 1. The molecule has 0 amide bonds. The van der Waals surface area contributed by atoms with Crippen LogP contribution in [-0.2, 0) is 0 Å². The SMILES string of the molecule is N[C@H]1CC[C@H](CNc2ccc3cncc(-c4cc5ccccc5o4)c3c2)CC1. The first-order valence-electron chi connectivity index (χ1n) is 10.1. The van der Waals surface area contributed by atoms with E-state index in [1.165, 1.54) is 12.8 Å². The first-order chi connectivity index (χ1) is 13.8. The van der Waals surface area contributed by atoms with E-state index in [1.54, 1.807) is 0 Å². The Kier molecular flexibility index (Phi) is 4.49. The maximum atomic E-state index is 6.09. The highest BCUT2D eigenvalue weighted by molar-refractivity contribution is 5.98. The molecule has 28 heavy (non-hydrogen) atoms. The van der Waals surface area contributed by atoms with E-state index < -0.39 is 0 Å². The second-order valence-electron chi connectivity index (χ2n) is 7.93. The van der Waals surface area contributed by atoms with Crippen LogP contribution in [0.3, 0.4) is 0 Å². The molecule has 1 saturated carbocycles. The summed E-state index contributed by atoms with van der Waals surface area (Å²) in [4.78, 5) is 4.42. The molecule has 0 spiro atoms. The molecule has 4 aromatic rings. The number of rotatable bonds is 4. The molecule has 1 aliphatic carbocycles. The van der Waals surface area contributed by atoms with Crippen molar-refractivity contribution in [3.8, 4) is 11.3 Å². The van der Waals surface area contributed by atoms with Crippen molar-refractivity contribution in [2.75, 3.05) is 11.9 Å². The molecule has 3 N–H and O–H groups in total. The monoisotopic (exact) mass is 371 g/mol. The summed E-state index contributed by atoms with van der Waals surface area (Å²) < 4.78 is 6.09. The van der Waals surface area contributed by atoms with Gasteiger partial charge in [0.1, 0.15) is 11.3 Å². The summed E-state index contributed by atoms with van der Waals surface area (Å²) in [6.07, 6.45) is 8.53. The van der Waals surface area contributed by atoms with Gasteiger partial charge in [-0.3, -0.25) is 4.98 Å². The molecular formula is C24H25N3O. The molecule has 4 heteroatoms. The Bertz CT molecular complexity index is 1080. The van der Waals surface area contributed by atoms with E-state index in [-0.39, 0.29) is 0 Å². The van der Waals surface area contributed by atoms with Crippen molar-refractivity contribution in [2.24, 2.45) is 11.7 Å². The molecule has 1 aliphatic rings. The number of para-hydroxylation sites is 1. The van der Waals surface area contributed by atoms with E-state index in [1.807, 2.05) is 30.6 Å². The third-order valence-corrected chi connectivity index (χ3v) is 5.94. The van der Waals surface area contributed by atoms with Crippen LogP contribution in [-0.4, -0.2) is 17.6 Å². The third-order valence-electron chi connectivity index (χ3n) is 5.94. The number of anilines is 1.